The molecular formula is C25H28N2O. The molecule has 2 aliphatic rings. The van der Waals surface area contributed by atoms with Crippen LogP contribution in [0.4, 0.5) is 5.69 Å². The van der Waals surface area contributed by atoms with Crippen LogP contribution in [0.3, 0.4) is 0 Å². The van der Waals surface area contributed by atoms with Crippen molar-refractivity contribution in [3.8, 4) is 0 Å². The Kier molecular flexibility index (Phi) is 4.58. The number of morpholine rings is 1. The summed E-state index contributed by atoms with van der Waals surface area (Å²) in [5.41, 5.74) is 7.18. The van der Waals surface area contributed by atoms with Crippen LogP contribution >= 0.6 is 0 Å². The molecule has 0 bridgehead atoms. The first-order valence-electron chi connectivity index (χ1n) is 10.3. The van der Waals surface area contributed by atoms with Gasteiger partial charge < -0.3 is 14.5 Å². The van der Waals surface area contributed by atoms with Crippen molar-refractivity contribution < 1.29 is 4.74 Å². The Morgan fingerprint density at radius 1 is 0.929 bits per heavy atom. The molecule has 3 aromatic carbocycles. The predicted octanol–water partition coefficient (Wildman–Crippen LogP) is 4.56. The molecule has 0 amide bonds. The lowest BCUT2D eigenvalue weighted by Crippen LogP contribution is -2.37. The molecule has 5 rings (SSSR count). The number of ether oxygens (including phenoxy) is 1. The molecule has 0 N–H and O–H groups in total. The zero-order valence-electron chi connectivity index (χ0n) is 16.8. The number of anilines is 1. The lowest BCUT2D eigenvalue weighted by atomic mass is 9.81. The van der Waals surface area contributed by atoms with Crippen LogP contribution in [0.15, 0.2) is 54.6 Å². The summed E-state index contributed by atoms with van der Waals surface area (Å²) in [6, 6.07) is 20.5. The second kappa shape index (κ2) is 7.23. The number of likely N-dealkylation sites (N-methyl/N-ethyl adjacent to an activating group) is 1. The van der Waals surface area contributed by atoms with Crippen molar-refractivity contribution in [2.75, 3.05) is 44.8 Å². The molecule has 1 unspecified atom stereocenters. The van der Waals surface area contributed by atoms with Crippen molar-refractivity contribution in [3.05, 3.63) is 76.9 Å². The van der Waals surface area contributed by atoms with E-state index in [9.17, 15) is 0 Å². The van der Waals surface area contributed by atoms with Gasteiger partial charge in [-0.15, -0.1) is 0 Å². The highest BCUT2D eigenvalue weighted by Crippen LogP contribution is 2.38. The Morgan fingerprint density at radius 2 is 1.71 bits per heavy atom. The molecule has 1 fully saturated rings. The number of fused-ring (bicyclic) bond motifs is 2. The van der Waals surface area contributed by atoms with Crippen molar-refractivity contribution >= 4 is 16.5 Å². The summed E-state index contributed by atoms with van der Waals surface area (Å²) in [5, 5.41) is 2.70. The zero-order chi connectivity index (χ0) is 19.1. The first-order chi connectivity index (χ1) is 13.7. The lowest BCUT2D eigenvalue weighted by molar-refractivity contribution is 0.122. The Labute approximate surface area is 167 Å². The second-order valence-electron chi connectivity index (χ2n) is 8.23. The fourth-order valence-corrected chi connectivity index (χ4v) is 4.94. The Hall–Kier alpha value is -2.36. The number of hydrogen-bond acceptors (Lipinski definition) is 3. The standard InChI is InChI=1S/C25H28N2O/c1-18-22-6-4-3-5-19(22)7-9-23(18)25-17-26(2)16-20-15-21(8-10-24(20)25)27-11-13-28-14-12-27/h3-10,15,25H,11-14,16-17H2,1-2H3. The average Bonchev–Trinajstić information content (AvgIpc) is 2.74. The third kappa shape index (κ3) is 3.09. The van der Waals surface area contributed by atoms with Crippen molar-refractivity contribution in [1.29, 1.82) is 0 Å². The van der Waals surface area contributed by atoms with E-state index in [2.05, 4.69) is 78.4 Å². The predicted molar refractivity (Wildman–Crippen MR) is 116 cm³/mol. The second-order valence-corrected chi connectivity index (χ2v) is 8.23. The zero-order valence-corrected chi connectivity index (χ0v) is 16.8. The molecular weight excluding hydrogens is 344 g/mol. The van der Waals surface area contributed by atoms with Crippen LogP contribution in [0, 0.1) is 6.92 Å². The first kappa shape index (κ1) is 17.7. The number of aryl methyl sites for hydroxylation is 1. The summed E-state index contributed by atoms with van der Waals surface area (Å²) in [6.07, 6.45) is 0. The topological polar surface area (TPSA) is 15.7 Å². The highest BCUT2D eigenvalue weighted by molar-refractivity contribution is 5.87. The summed E-state index contributed by atoms with van der Waals surface area (Å²) >= 11 is 0. The molecule has 28 heavy (non-hydrogen) atoms. The molecule has 3 nitrogen and oxygen atoms in total. The van der Waals surface area contributed by atoms with Gasteiger partial charge >= 0.3 is 0 Å². The molecule has 1 saturated heterocycles. The van der Waals surface area contributed by atoms with Gasteiger partial charge in [0.05, 0.1) is 13.2 Å². The number of hydrogen-bond donors (Lipinski definition) is 0. The smallest absolute Gasteiger partial charge is 0.0642 e. The molecule has 0 saturated carbocycles. The number of nitrogens with zero attached hydrogens (tertiary/aromatic N) is 2. The van der Waals surface area contributed by atoms with E-state index in [0.717, 1.165) is 39.4 Å². The summed E-state index contributed by atoms with van der Waals surface area (Å²) in [6.45, 7) is 8.02. The molecule has 3 aromatic rings. The van der Waals surface area contributed by atoms with Gasteiger partial charge in [-0.05, 0) is 59.1 Å². The van der Waals surface area contributed by atoms with Crippen LogP contribution in [0.1, 0.15) is 28.2 Å². The molecule has 1 atom stereocenters. The van der Waals surface area contributed by atoms with Gasteiger partial charge in [-0.25, -0.2) is 0 Å². The van der Waals surface area contributed by atoms with E-state index < -0.39 is 0 Å². The van der Waals surface area contributed by atoms with Crippen LogP contribution in [-0.2, 0) is 11.3 Å². The third-order valence-electron chi connectivity index (χ3n) is 6.43. The van der Waals surface area contributed by atoms with Gasteiger partial charge in [0, 0.05) is 37.8 Å². The number of rotatable bonds is 2. The minimum absolute atomic E-state index is 0.428. The number of benzene rings is 3. The minimum Gasteiger partial charge on any atom is -0.378 e. The van der Waals surface area contributed by atoms with Crippen molar-refractivity contribution in [3.63, 3.8) is 0 Å². The van der Waals surface area contributed by atoms with E-state index >= 15 is 0 Å². The van der Waals surface area contributed by atoms with Crippen molar-refractivity contribution in [1.82, 2.24) is 4.90 Å². The molecule has 2 heterocycles. The highest BCUT2D eigenvalue weighted by Gasteiger charge is 2.27. The van der Waals surface area contributed by atoms with E-state index in [4.69, 9.17) is 4.74 Å². The van der Waals surface area contributed by atoms with Crippen LogP contribution in [0.5, 0.6) is 0 Å². The highest BCUT2D eigenvalue weighted by atomic mass is 16.5. The van der Waals surface area contributed by atoms with Gasteiger partial charge in [0.2, 0.25) is 0 Å². The van der Waals surface area contributed by atoms with Crippen LogP contribution in [0.25, 0.3) is 10.8 Å². The Bertz CT molecular complexity index is 1010. The fourth-order valence-electron chi connectivity index (χ4n) is 4.94. The summed E-state index contributed by atoms with van der Waals surface area (Å²) in [7, 11) is 2.24. The van der Waals surface area contributed by atoms with Gasteiger partial charge in [-0.2, -0.15) is 0 Å². The van der Waals surface area contributed by atoms with Crippen molar-refractivity contribution in [2.24, 2.45) is 0 Å². The Balaban J connectivity index is 1.56. The van der Waals surface area contributed by atoms with E-state index in [1.807, 2.05) is 0 Å². The molecule has 0 aliphatic carbocycles. The quantitative estimate of drug-likeness (QED) is 0.656. The largest absolute Gasteiger partial charge is 0.378 e. The van der Waals surface area contributed by atoms with E-state index in [1.165, 1.54) is 38.7 Å². The summed E-state index contributed by atoms with van der Waals surface area (Å²) in [5.74, 6) is 0.428. The maximum Gasteiger partial charge on any atom is 0.0642 e. The lowest BCUT2D eigenvalue weighted by Gasteiger charge is -2.35. The third-order valence-corrected chi connectivity index (χ3v) is 6.43. The molecule has 3 heteroatoms. The molecule has 144 valence electrons. The van der Waals surface area contributed by atoms with Gasteiger partial charge in [0.15, 0.2) is 0 Å². The Morgan fingerprint density at radius 3 is 2.57 bits per heavy atom. The summed E-state index contributed by atoms with van der Waals surface area (Å²) < 4.78 is 5.52. The van der Waals surface area contributed by atoms with E-state index in [-0.39, 0.29) is 0 Å². The monoisotopic (exact) mass is 372 g/mol. The van der Waals surface area contributed by atoms with Gasteiger partial charge in [0.1, 0.15) is 0 Å². The van der Waals surface area contributed by atoms with Gasteiger partial charge in [0.25, 0.3) is 0 Å². The molecule has 0 aromatic heterocycles. The van der Waals surface area contributed by atoms with Crippen LogP contribution in [0.2, 0.25) is 0 Å². The SMILES string of the molecule is Cc1c(C2CN(C)Cc3cc(N4CCOCC4)ccc32)ccc2ccccc12. The fraction of sp³-hybridized carbons (Fsp3) is 0.360. The molecule has 0 spiro atoms. The maximum absolute atomic E-state index is 5.52. The van der Waals surface area contributed by atoms with Crippen molar-refractivity contribution in [2.45, 2.75) is 19.4 Å². The van der Waals surface area contributed by atoms with E-state index in [1.54, 1.807) is 0 Å². The average molecular weight is 373 g/mol. The summed E-state index contributed by atoms with van der Waals surface area (Å²) in [4.78, 5) is 4.92. The normalized spacial score (nSPS) is 20.4. The first-order valence-corrected chi connectivity index (χ1v) is 10.3. The van der Waals surface area contributed by atoms with Gasteiger partial charge in [-0.3, -0.25) is 0 Å². The van der Waals surface area contributed by atoms with Crippen LogP contribution in [-0.4, -0.2) is 44.8 Å². The van der Waals surface area contributed by atoms with E-state index in [0.29, 0.717) is 5.92 Å². The molecule has 0 radical (unpaired) electrons. The molecule has 2 aliphatic heterocycles. The van der Waals surface area contributed by atoms with Crippen LogP contribution < -0.4 is 4.90 Å². The minimum atomic E-state index is 0.428. The van der Waals surface area contributed by atoms with Gasteiger partial charge in [-0.1, -0.05) is 42.5 Å². The maximum atomic E-state index is 5.52.